The molecule has 0 aromatic carbocycles. The molecule has 0 aliphatic rings. The van der Waals surface area contributed by atoms with Gasteiger partial charge in [-0.1, -0.05) is 52.2 Å². The standard InChI is InChI=1S/C11H18O2Si.C4H9.Li/c1-4-14(5-2,6-3)11-7-10(8-12)9-13-11;1-3-4-2;/h7-9H,4-6H2,1-3H3;1,3-4H2,2H3;/q;-1;+1. The first-order chi connectivity index (χ1) is 8.63. The van der Waals surface area contributed by atoms with E-state index in [1.807, 2.05) is 6.07 Å². The third-order valence-electron chi connectivity index (χ3n) is 3.66. The van der Waals surface area contributed by atoms with Crippen LogP contribution in [0.2, 0.25) is 18.1 Å². The van der Waals surface area contributed by atoms with Crippen LogP contribution in [0, 0.1) is 6.92 Å². The monoisotopic (exact) mass is 274 g/mol. The quantitative estimate of drug-likeness (QED) is 0.446. The first-order valence-electron chi connectivity index (χ1n) is 6.97. The summed E-state index contributed by atoms with van der Waals surface area (Å²) in [5.74, 6) is 0. The minimum atomic E-state index is -1.41. The maximum Gasteiger partial charge on any atom is 1.00 e. The van der Waals surface area contributed by atoms with Gasteiger partial charge in [0.15, 0.2) is 6.29 Å². The van der Waals surface area contributed by atoms with E-state index in [0.717, 1.165) is 18.1 Å². The number of carbonyl (C=O) groups excluding carboxylic acids is 1. The van der Waals surface area contributed by atoms with E-state index < -0.39 is 8.07 Å². The van der Waals surface area contributed by atoms with Gasteiger partial charge >= 0.3 is 18.9 Å². The first-order valence-corrected chi connectivity index (χ1v) is 9.59. The van der Waals surface area contributed by atoms with Crippen molar-refractivity contribution in [1.29, 1.82) is 0 Å². The third kappa shape index (κ3) is 6.16. The Morgan fingerprint density at radius 2 is 1.68 bits per heavy atom. The second kappa shape index (κ2) is 11.6. The summed E-state index contributed by atoms with van der Waals surface area (Å²) in [7, 11) is -1.41. The molecule has 0 saturated carbocycles. The van der Waals surface area contributed by atoms with Crippen molar-refractivity contribution in [3.05, 3.63) is 24.8 Å². The molecule has 1 heterocycles. The second-order valence-corrected chi connectivity index (χ2v) is 9.73. The van der Waals surface area contributed by atoms with Crippen LogP contribution < -0.4 is 24.2 Å². The van der Waals surface area contributed by atoms with Gasteiger partial charge in [-0.05, 0) is 6.07 Å². The molecule has 2 nitrogen and oxygen atoms in total. The molecule has 1 rings (SSSR count). The summed E-state index contributed by atoms with van der Waals surface area (Å²) in [5, 5.41) is 1.09. The average Bonchev–Trinajstić information content (AvgIpc) is 2.91. The number of hydrogen-bond acceptors (Lipinski definition) is 2. The van der Waals surface area contributed by atoms with Crippen molar-refractivity contribution in [2.75, 3.05) is 0 Å². The molecule has 0 aliphatic heterocycles. The van der Waals surface area contributed by atoms with Crippen LogP contribution in [0.4, 0.5) is 0 Å². The Bertz CT molecular complexity index is 322. The fourth-order valence-corrected chi connectivity index (χ4v) is 5.29. The van der Waals surface area contributed by atoms with Crippen LogP contribution in [-0.2, 0) is 0 Å². The summed E-state index contributed by atoms with van der Waals surface area (Å²) in [6.45, 7) is 12.4. The zero-order valence-electron chi connectivity index (χ0n) is 13.3. The molecule has 0 fully saturated rings. The Labute approximate surface area is 131 Å². The fraction of sp³-hybridized carbons (Fsp3) is 0.600. The molecule has 0 aliphatic carbocycles. The molecule has 0 spiro atoms. The molecule has 0 N–H and O–H groups in total. The predicted octanol–water partition coefficient (Wildman–Crippen LogP) is 1.43. The molecular formula is C15H27LiO2Si. The van der Waals surface area contributed by atoms with Gasteiger partial charge in [0.2, 0.25) is 0 Å². The van der Waals surface area contributed by atoms with Crippen molar-refractivity contribution in [3.63, 3.8) is 0 Å². The van der Waals surface area contributed by atoms with Crippen molar-refractivity contribution >= 4 is 19.7 Å². The van der Waals surface area contributed by atoms with Crippen LogP contribution in [-0.4, -0.2) is 14.4 Å². The summed E-state index contributed by atoms with van der Waals surface area (Å²) in [5.41, 5.74) is 0.673. The molecule has 4 heteroatoms. The van der Waals surface area contributed by atoms with E-state index in [-0.39, 0.29) is 18.9 Å². The summed E-state index contributed by atoms with van der Waals surface area (Å²) < 4.78 is 5.52. The molecule has 1 aromatic heterocycles. The number of furan rings is 1. The van der Waals surface area contributed by atoms with E-state index in [9.17, 15) is 4.79 Å². The Balaban J connectivity index is 0. The van der Waals surface area contributed by atoms with Crippen molar-refractivity contribution < 1.29 is 28.1 Å². The Hall–Kier alpha value is -0.236. The van der Waals surface area contributed by atoms with Gasteiger partial charge in [-0.2, -0.15) is 6.42 Å². The van der Waals surface area contributed by atoms with E-state index in [4.69, 9.17) is 4.42 Å². The smallest absolute Gasteiger partial charge is 0.474 e. The minimum Gasteiger partial charge on any atom is -0.474 e. The molecule has 19 heavy (non-hydrogen) atoms. The van der Waals surface area contributed by atoms with Crippen LogP contribution >= 0.6 is 0 Å². The van der Waals surface area contributed by atoms with E-state index in [0.29, 0.717) is 5.56 Å². The Morgan fingerprint density at radius 3 is 1.95 bits per heavy atom. The number of carbonyl (C=O) groups is 1. The number of aldehydes is 1. The summed E-state index contributed by atoms with van der Waals surface area (Å²) in [6, 6.07) is 5.49. The van der Waals surface area contributed by atoms with Gasteiger partial charge in [-0.25, -0.2) is 0 Å². The van der Waals surface area contributed by atoms with Crippen molar-refractivity contribution in [1.82, 2.24) is 0 Å². The van der Waals surface area contributed by atoms with Crippen LogP contribution in [0.5, 0.6) is 0 Å². The molecule has 0 saturated heterocycles. The zero-order valence-corrected chi connectivity index (χ0v) is 14.3. The molecule has 0 amide bonds. The van der Waals surface area contributed by atoms with Gasteiger partial charge in [0.25, 0.3) is 0 Å². The van der Waals surface area contributed by atoms with Crippen molar-refractivity contribution in [2.24, 2.45) is 0 Å². The zero-order chi connectivity index (χ0) is 14.0. The number of rotatable bonds is 6. The van der Waals surface area contributed by atoms with Crippen molar-refractivity contribution in [3.8, 4) is 0 Å². The Morgan fingerprint density at radius 1 is 1.21 bits per heavy atom. The number of hydrogen-bond donors (Lipinski definition) is 0. The van der Waals surface area contributed by atoms with Gasteiger partial charge in [-0.3, -0.25) is 4.79 Å². The molecule has 104 valence electrons. The summed E-state index contributed by atoms with van der Waals surface area (Å²) in [4.78, 5) is 10.6. The normalized spacial score (nSPS) is 10.2. The van der Waals surface area contributed by atoms with E-state index in [1.165, 1.54) is 24.6 Å². The number of unbranched alkanes of at least 4 members (excludes halogenated alkanes) is 1. The predicted molar refractivity (Wildman–Crippen MR) is 81.2 cm³/mol. The fourth-order valence-electron chi connectivity index (χ4n) is 1.96. The van der Waals surface area contributed by atoms with Crippen LogP contribution in [0.15, 0.2) is 16.7 Å². The van der Waals surface area contributed by atoms with Crippen LogP contribution in [0.1, 0.15) is 50.9 Å². The van der Waals surface area contributed by atoms with Gasteiger partial charge in [0.1, 0.15) is 14.3 Å². The third-order valence-corrected chi connectivity index (χ3v) is 9.03. The largest absolute Gasteiger partial charge is 1.00 e. The van der Waals surface area contributed by atoms with E-state index in [2.05, 4.69) is 34.6 Å². The molecular weight excluding hydrogens is 247 g/mol. The molecule has 0 unspecified atom stereocenters. The maximum atomic E-state index is 10.6. The second-order valence-electron chi connectivity index (χ2n) is 4.56. The molecule has 0 bridgehead atoms. The van der Waals surface area contributed by atoms with E-state index >= 15 is 0 Å². The van der Waals surface area contributed by atoms with Crippen LogP contribution in [0.25, 0.3) is 0 Å². The molecule has 0 atom stereocenters. The summed E-state index contributed by atoms with van der Waals surface area (Å²) >= 11 is 0. The maximum absolute atomic E-state index is 10.6. The topological polar surface area (TPSA) is 30.2 Å². The minimum absolute atomic E-state index is 0. The molecule has 1 aromatic rings. The SMILES string of the molecule is CC[Si](CC)(CC)c1cc(C=O)co1.[CH2-]CCC.[Li+]. The average molecular weight is 274 g/mol. The molecule has 0 radical (unpaired) electrons. The van der Waals surface area contributed by atoms with Crippen LogP contribution in [0.3, 0.4) is 0 Å². The Kier molecular flexibility index (Phi) is 12.8. The first kappa shape index (κ1) is 21.1. The van der Waals surface area contributed by atoms with E-state index in [1.54, 1.807) is 6.26 Å². The van der Waals surface area contributed by atoms with Gasteiger partial charge in [-0.15, -0.1) is 0 Å². The van der Waals surface area contributed by atoms with Gasteiger partial charge < -0.3 is 11.3 Å². The summed E-state index contributed by atoms with van der Waals surface area (Å²) in [6.07, 6.45) is 4.71. The van der Waals surface area contributed by atoms with Gasteiger partial charge in [0.05, 0.1) is 10.9 Å². The van der Waals surface area contributed by atoms with Gasteiger partial charge in [0, 0.05) is 0 Å². The van der Waals surface area contributed by atoms with Crippen molar-refractivity contribution in [2.45, 2.75) is 58.7 Å².